The van der Waals surface area contributed by atoms with E-state index in [0.29, 0.717) is 21.9 Å². The Kier molecular flexibility index (Phi) is 2.47. The Morgan fingerprint density at radius 3 is 2.67 bits per heavy atom. The Hall–Kier alpha value is -2.38. The van der Waals surface area contributed by atoms with Crippen molar-refractivity contribution >= 4 is 28.3 Å². The minimum atomic E-state index is 0.326. The van der Waals surface area contributed by atoms with Crippen molar-refractivity contribution in [1.82, 2.24) is 15.0 Å². The molecule has 86 valence electrons. The fourth-order valence-corrected chi connectivity index (χ4v) is 2.06. The zero-order valence-electron chi connectivity index (χ0n) is 9.18. The maximum atomic E-state index is 7.30. The van der Waals surface area contributed by atoms with Crippen LogP contribution in [0.3, 0.4) is 0 Å². The average Bonchev–Trinajstić information content (AvgIpc) is 2.80. The van der Waals surface area contributed by atoms with Gasteiger partial charge in [0.25, 0.3) is 0 Å². The van der Waals surface area contributed by atoms with Gasteiger partial charge in [-0.05, 0) is 5.56 Å². The second-order valence-electron chi connectivity index (χ2n) is 3.71. The monoisotopic (exact) mass is 254 g/mol. The summed E-state index contributed by atoms with van der Waals surface area (Å²) in [7, 11) is 0. The predicted molar refractivity (Wildman–Crippen MR) is 70.6 cm³/mol. The van der Waals surface area contributed by atoms with E-state index in [1.54, 1.807) is 0 Å². The first-order valence-corrected chi connectivity index (χ1v) is 5.64. The Morgan fingerprint density at radius 1 is 1.17 bits per heavy atom. The molecule has 0 spiro atoms. The van der Waals surface area contributed by atoms with Crippen LogP contribution in [0.4, 0.5) is 5.69 Å². The number of aromatic amines is 1. The minimum Gasteiger partial charge on any atom is -0.361 e. The van der Waals surface area contributed by atoms with Crippen molar-refractivity contribution in [3.05, 3.63) is 53.2 Å². The van der Waals surface area contributed by atoms with Crippen molar-refractivity contribution in [2.75, 3.05) is 0 Å². The Bertz CT molecular complexity index is 756. The van der Waals surface area contributed by atoms with Crippen LogP contribution in [0.5, 0.6) is 0 Å². The number of aromatic nitrogens is 3. The van der Waals surface area contributed by atoms with Gasteiger partial charge in [-0.1, -0.05) is 41.9 Å². The molecule has 0 unspecified atom stereocenters. The van der Waals surface area contributed by atoms with Crippen LogP contribution in [-0.2, 0) is 0 Å². The first-order chi connectivity index (χ1) is 8.81. The average molecular weight is 255 g/mol. The van der Waals surface area contributed by atoms with Gasteiger partial charge in [-0.15, -0.1) is 0 Å². The SMILES string of the molecule is [C-]#[N+]c1c(-c2ccccc2)[nH]c2c(Cl)ncnc12. The molecular formula is C13H7ClN4. The molecule has 2 heterocycles. The summed E-state index contributed by atoms with van der Waals surface area (Å²) in [6.07, 6.45) is 1.36. The first-order valence-electron chi connectivity index (χ1n) is 5.26. The molecule has 0 amide bonds. The highest BCUT2D eigenvalue weighted by molar-refractivity contribution is 6.34. The van der Waals surface area contributed by atoms with Crippen LogP contribution >= 0.6 is 11.6 Å². The molecular weight excluding hydrogens is 248 g/mol. The van der Waals surface area contributed by atoms with Crippen LogP contribution in [-0.4, -0.2) is 15.0 Å². The molecule has 0 saturated carbocycles. The molecule has 0 aliphatic carbocycles. The van der Waals surface area contributed by atoms with Crippen molar-refractivity contribution in [3.63, 3.8) is 0 Å². The molecule has 0 atom stereocenters. The minimum absolute atomic E-state index is 0.326. The number of fused-ring (bicyclic) bond motifs is 1. The first kappa shape index (κ1) is 10.8. The van der Waals surface area contributed by atoms with Gasteiger partial charge in [-0.25, -0.2) is 14.8 Å². The maximum Gasteiger partial charge on any atom is 0.237 e. The number of nitrogens with zero attached hydrogens (tertiary/aromatic N) is 3. The summed E-state index contributed by atoms with van der Waals surface area (Å²) in [5.41, 5.74) is 3.29. The van der Waals surface area contributed by atoms with Crippen LogP contribution in [0.25, 0.3) is 27.1 Å². The molecule has 0 aliphatic heterocycles. The molecule has 0 fully saturated rings. The van der Waals surface area contributed by atoms with E-state index < -0.39 is 0 Å². The number of H-pyrrole nitrogens is 1. The quantitative estimate of drug-likeness (QED) is 0.530. The topological polar surface area (TPSA) is 45.9 Å². The molecule has 1 N–H and O–H groups in total. The summed E-state index contributed by atoms with van der Waals surface area (Å²) in [4.78, 5) is 14.7. The Balaban J connectivity index is 2.38. The van der Waals surface area contributed by atoms with Crippen molar-refractivity contribution in [3.8, 4) is 11.3 Å². The number of hydrogen-bond donors (Lipinski definition) is 1. The van der Waals surface area contributed by atoms with Gasteiger partial charge in [-0.3, -0.25) is 0 Å². The van der Waals surface area contributed by atoms with E-state index >= 15 is 0 Å². The summed E-state index contributed by atoms with van der Waals surface area (Å²) in [5, 5.41) is 0.326. The van der Waals surface area contributed by atoms with E-state index in [1.165, 1.54) is 6.33 Å². The molecule has 0 bridgehead atoms. The number of benzene rings is 1. The zero-order valence-corrected chi connectivity index (χ0v) is 9.94. The fourth-order valence-electron chi connectivity index (χ4n) is 1.88. The molecule has 1 aromatic carbocycles. The van der Waals surface area contributed by atoms with Gasteiger partial charge in [0.2, 0.25) is 5.69 Å². The van der Waals surface area contributed by atoms with Gasteiger partial charge in [0.15, 0.2) is 5.15 Å². The predicted octanol–water partition coefficient (Wildman–Crippen LogP) is 3.83. The number of hydrogen-bond acceptors (Lipinski definition) is 2. The van der Waals surface area contributed by atoms with E-state index in [0.717, 1.165) is 11.3 Å². The molecule has 0 saturated heterocycles. The van der Waals surface area contributed by atoms with E-state index in [9.17, 15) is 0 Å². The smallest absolute Gasteiger partial charge is 0.237 e. The van der Waals surface area contributed by atoms with Crippen LogP contribution in [0.1, 0.15) is 0 Å². The molecule has 4 nitrogen and oxygen atoms in total. The molecule has 0 radical (unpaired) electrons. The summed E-state index contributed by atoms with van der Waals surface area (Å²) in [6.45, 7) is 7.30. The molecule has 18 heavy (non-hydrogen) atoms. The summed E-state index contributed by atoms with van der Waals surface area (Å²) in [5.74, 6) is 0. The highest BCUT2D eigenvalue weighted by Gasteiger charge is 2.16. The third kappa shape index (κ3) is 1.53. The van der Waals surface area contributed by atoms with E-state index in [-0.39, 0.29) is 0 Å². The summed E-state index contributed by atoms with van der Waals surface area (Å²) in [6, 6.07) is 9.63. The third-order valence-electron chi connectivity index (χ3n) is 2.69. The van der Waals surface area contributed by atoms with E-state index in [1.807, 2.05) is 30.3 Å². The maximum absolute atomic E-state index is 7.30. The zero-order chi connectivity index (χ0) is 12.5. The normalized spacial score (nSPS) is 10.4. The molecule has 3 rings (SSSR count). The van der Waals surface area contributed by atoms with Crippen LogP contribution in [0.15, 0.2) is 36.7 Å². The highest BCUT2D eigenvalue weighted by atomic mass is 35.5. The van der Waals surface area contributed by atoms with Crippen molar-refractivity contribution in [2.45, 2.75) is 0 Å². The van der Waals surface area contributed by atoms with Crippen LogP contribution in [0, 0.1) is 6.57 Å². The van der Waals surface area contributed by atoms with Gasteiger partial charge in [0.1, 0.15) is 11.8 Å². The fraction of sp³-hybridized carbons (Fsp3) is 0. The van der Waals surface area contributed by atoms with Gasteiger partial charge < -0.3 is 4.98 Å². The lowest BCUT2D eigenvalue weighted by molar-refractivity contribution is 1.22. The molecule has 5 heteroatoms. The lowest BCUT2D eigenvalue weighted by Gasteiger charge is -1.97. The second kappa shape index (κ2) is 4.13. The van der Waals surface area contributed by atoms with E-state index in [4.69, 9.17) is 18.2 Å². The molecule has 3 aromatic rings. The molecule has 0 aliphatic rings. The van der Waals surface area contributed by atoms with Crippen molar-refractivity contribution in [1.29, 1.82) is 0 Å². The lowest BCUT2D eigenvalue weighted by atomic mass is 10.1. The number of rotatable bonds is 1. The summed E-state index contributed by atoms with van der Waals surface area (Å²) < 4.78 is 0. The highest BCUT2D eigenvalue weighted by Crippen LogP contribution is 2.37. The largest absolute Gasteiger partial charge is 0.361 e. The third-order valence-corrected chi connectivity index (χ3v) is 2.97. The molecule has 2 aromatic heterocycles. The van der Waals surface area contributed by atoms with Gasteiger partial charge in [-0.2, -0.15) is 0 Å². The van der Waals surface area contributed by atoms with Gasteiger partial charge in [0, 0.05) is 0 Å². The number of nitrogens with one attached hydrogen (secondary N) is 1. The second-order valence-corrected chi connectivity index (χ2v) is 4.07. The van der Waals surface area contributed by atoms with Gasteiger partial charge >= 0.3 is 0 Å². The van der Waals surface area contributed by atoms with Crippen molar-refractivity contribution in [2.24, 2.45) is 0 Å². The van der Waals surface area contributed by atoms with Crippen LogP contribution < -0.4 is 0 Å². The van der Waals surface area contributed by atoms with Crippen molar-refractivity contribution < 1.29 is 0 Å². The standard InChI is InChI=1S/C13H7ClN4/c1-15-10-9(8-5-3-2-4-6-8)18-12-11(10)16-7-17-13(12)14/h2-7,18H. The lowest BCUT2D eigenvalue weighted by Crippen LogP contribution is -1.80. The van der Waals surface area contributed by atoms with E-state index in [2.05, 4.69) is 19.8 Å². The number of halogens is 1. The Labute approximate surface area is 108 Å². The summed E-state index contributed by atoms with van der Waals surface area (Å²) >= 11 is 6.00. The van der Waals surface area contributed by atoms with Crippen LogP contribution in [0.2, 0.25) is 5.15 Å². The Morgan fingerprint density at radius 2 is 1.94 bits per heavy atom. The van der Waals surface area contributed by atoms with Gasteiger partial charge in [0.05, 0.1) is 17.8 Å².